The van der Waals surface area contributed by atoms with E-state index in [9.17, 15) is 4.79 Å². The SMILES string of the molecule is CCOC(=O)C(C#N)c1cnccn1. The van der Waals surface area contributed by atoms with E-state index < -0.39 is 11.9 Å². The van der Waals surface area contributed by atoms with E-state index in [1.807, 2.05) is 6.07 Å². The fourth-order valence-electron chi connectivity index (χ4n) is 0.925. The van der Waals surface area contributed by atoms with Crippen LogP contribution < -0.4 is 0 Å². The van der Waals surface area contributed by atoms with Crippen LogP contribution in [-0.2, 0) is 9.53 Å². The van der Waals surface area contributed by atoms with Crippen molar-refractivity contribution in [2.45, 2.75) is 12.8 Å². The van der Waals surface area contributed by atoms with Gasteiger partial charge in [0.1, 0.15) is 0 Å². The number of rotatable bonds is 3. The average molecular weight is 191 g/mol. The monoisotopic (exact) mass is 191 g/mol. The van der Waals surface area contributed by atoms with Gasteiger partial charge in [-0.25, -0.2) is 0 Å². The van der Waals surface area contributed by atoms with Gasteiger partial charge in [-0.1, -0.05) is 0 Å². The first-order valence-electron chi connectivity index (χ1n) is 4.11. The summed E-state index contributed by atoms with van der Waals surface area (Å²) in [7, 11) is 0. The summed E-state index contributed by atoms with van der Waals surface area (Å²) in [5.41, 5.74) is 0.313. The number of nitrogens with zero attached hydrogens (tertiary/aromatic N) is 3. The highest BCUT2D eigenvalue weighted by atomic mass is 16.5. The number of esters is 1. The molecule has 5 nitrogen and oxygen atoms in total. The fraction of sp³-hybridized carbons (Fsp3) is 0.333. The molecule has 0 aliphatic carbocycles. The zero-order valence-corrected chi connectivity index (χ0v) is 7.67. The summed E-state index contributed by atoms with van der Waals surface area (Å²) in [5.74, 6) is -1.57. The van der Waals surface area contributed by atoms with Crippen molar-refractivity contribution in [2.24, 2.45) is 0 Å². The maximum Gasteiger partial charge on any atom is 0.329 e. The van der Waals surface area contributed by atoms with E-state index in [2.05, 4.69) is 9.97 Å². The van der Waals surface area contributed by atoms with Crippen molar-refractivity contribution in [2.75, 3.05) is 6.61 Å². The number of carbonyl (C=O) groups is 1. The molecule has 1 aromatic heterocycles. The molecule has 1 aromatic rings. The molecule has 0 saturated carbocycles. The summed E-state index contributed by atoms with van der Waals surface area (Å²) >= 11 is 0. The quantitative estimate of drug-likeness (QED) is 0.655. The normalized spacial score (nSPS) is 11.4. The van der Waals surface area contributed by atoms with Crippen molar-refractivity contribution < 1.29 is 9.53 Å². The lowest BCUT2D eigenvalue weighted by atomic mass is 10.1. The van der Waals surface area contributed by atoms with Crippen LogP contribution in [0, 0.1) is 11.3 Å². The first-order chi connectivity index (χ1) is 6.79. The second-order valence-electron chi connectivity index (χ2n) is 2.44. The van der Waals surface area contributed by atoms with E-state index in [0.717, 1.165) is 0 Å². The third kappa shape index (κ3) is 2.26. The third-order valence-electron chi connectivity index (χ3n) is 1.53. The molecule has 0 amide bonds. The Bertz CT molecular complexity index is 345. The number of aromatic nitrogens is 2. The van der Waals surface area contributed by atoms with Crippen molar-refractivity contribution >= 4 is 5.97 Å². The molecule has 1 heterocycles. The van der Waals surface area contributed by atoms with Crippen LogP contribution in [0.3, 0.4) is 0 Å². The molecule has 0 saturated heterocycles. The molecule has 14 heavy (non-hydrogen) atoms. The zero-order chi connectivity index (χ0) is 10.4. The molecule has 0 aliphatic rings. The lowest BCUT2D eigenvalue weighted by molar-refractivity contribution is -0.143. The highest BCUT2D eigenvalue weighted by Gasteiger charge is 2.22. The number of carbonyl (C=O) groups excluding carboxylic acids is 1. The van der Waals surface area contributed by atoms with Crippen LogP contribution in [0.2, 0.25) is 0 Å². The number of ether oxygens (including phenoxy) is 1. The van der Waals surface area contributed by atoms with Gasteiger partial charge in [0, 0.05) is 12.4 Å². The van der Waals surface area contributed by atoms with Crippen LogP contribution in [-0.4, -0.2) is 22.5 Å². The third-order valence-corrected chi connectivity index (χ3v) is 1.53. The molecular weight excluding hydrogens is 182 g/mol. The van der Waals surface area contributed by atoms with Crippen molar-refractivity contribution in [3.05, 3.63) is 24.3 Å². The van der Waals surface area contributed by atoms with Crippen LogP contribution in [0.4, 0.5) is 0 Å². The van der Waals surface area contributed by atoms with Crippen LogP contribution in [0.25, 0.3) is 0 Å². The molecule has 0 fully saturated rings. The number of hydrogen-bond donors (Lipinski definition) is 0. The largest absolute Gasteiger partial charge is 0.465 e. The van der Waals surface area contributed by atoms with Crippen LogP contribution in [0.1, 0.15) is 18.5 Å². The minimum absolute atomic E-state index is 0.247. The van der Waals surface area contributed by atoms with Crippen LogP contribution in [0.15, 0.2) is 18.6 Å². The summed E-state index contributed by atoms with van der Waals surface area (Å²) in [6.07, 6.45) is 4.28. The molecule has 0 aliphatic heterocycles. The Morgan fingerprint density at radius 1 is 1.71 bits per heavy atom. The Morgan fingerprint density at radius 2 is 2.50 bits per heavy atom. The van der Waals surface area contributed by atoms with Gasteiger partial charge in [-0.05, 0) is 6.92 Å². The highest BCUT2D eigenvalue weighted by molar-refractivity contribution is 5.80. The van der Waals surface area contributed by atoms with Gasteiger partial charge in [0.25, 0.3) is 0 Å². The lowest BCUT2D eigenvalue weighted by Crippen LogP contribution is -2.15. The number of hydrogen-bond acceptors (Lipinski definition) is 5. The fourth-order valence-corrected chi connectivity index (χ4v) is 0.925. The Kier molecular flexibility index (Phi) is 3.56. The van der Waals surface area contributed by atoms with Gasteiger partial charge in [0.15, 0.2) is 5.92 Å². The van der Waals surface area contributed by atoms with Gasteiger partial charge in [0.2, 0.25) is 0 Å². The molecule has 0 aromatic carbocycles. The summed E-state index contributed by atoms with van der Waals surface area (Å²) in [5, 5.41) is 8.76. The summed E-state index contributed by atoms with van der Waals surface area (Å²) in [4.78, 5) is 18.9. The summed E-state index contributed by atoms with van der Waals surface area (Å²) in [6.45, 7) is 1.93. The molecule has 0 bridgehead atoms. The van der Waals surface area contributed by atoms with E-state index in [4.69, 9.17) is 10.00 Å². The molecule has 0 spiro atoms. The van der Waals surface area contributed by atoms with E-state index in [0.29, 0.717) is 5.69 Å². The van der Waals surface area contributed by atoms with Crippen LogP contribution >= 0.6 is 0 Å². The van der Waals surface area contributed by atoms with Crippen LogP contribution in [0.5, 0.6) is 0 Å². The van der Waals surface area contributed by atoms with E-state index in [-0.39, 0.29) is 6.61 Å². The zero-order valence-electron chi connectivity index (χ0n) is 7.67. The van der Waals surface area contributed by atoms with Gasteiger partial charge in [0.05, 0.1) is 24.6 Å². The Morgan fingerprint density at radius 3 is 3.00 bits per heavy atom. The summed E-state index contributed by atoms with van der Waals surface area (Å²) in [6, 6.07) is 1.83. The summed E-state index contributed by atoms with van der Waals surface area (Å²) < 4.78 is 4.72. The van der Waals surface area contributed by atoms with Gasteiger partial charge in [-0.15, -0.1) is 0 Å². The van der Waals surface area contributed by atoms with Gasteiger partial charge in [-0.3, -0.25) is 14.8 Å². The van der Waals surface area contributed by atoms with Crippen molar-refractivity contribution in [1.29, 1.82) is 5.26 Å². The second kappa shape index (κ2) is 4.92. The first kappa shape index (κ1) is 10.1. The van der Waals surface area contributed by atoms with Crippen molar-refractivity contribution in [3.8, 4) is 6.07 Å². The topological polar surface area (TPSA) is 75.9 Å². The van der Waals surface area contributed by atoms with Crippen molar-refractivity contribution in [1.82, 2.24) is 9.97 Å². The molecular formula is C9H9N3O2. The molecule has 1 unspecified atom stereocenters. The minimum Gasteiger partial charge on any atom is -0.465 e. The first-order valence-corrected chi connectivity index (χ1v) is 4.11. The lowest BCUT2D eigenvalue weighted by Gasteiger charge is -2.06. The predicted molar refractivity (Wildman–Crippen MR) is 47.0 cm³/mol. The molecule has 1 atom stereocenters. The molecule has 0 N–H and O–H groups in total. The van der Waals surface area contributed by atoms with E-state index >= 15 is 0 Å². The molecule has 72 valence electrons. The minimum atomic E-state index is -0.983. The van der Waals surface area contributed by atoms with Gasteiger partial charge < -0.3 is 4.74 Å². The maximum atomic E-state index is 11.3. The Hall–Kier alpha value is -1.96. The second-order valence-corrected chi connectivity index (χ2v) is 2.44. The maximum absolute atomic E-state index is 11.3. The van der Waals surface area contributed by atoms with E-state index in [1.54, 1.807) is 6.92 Å². The van der Waals surface area contributed by atoms with Gasteiger partial charge >= 0.3 is 5.97 Å². The standard InChI is InChI=1S/C9H9N3O2/c1-2-14-9(13)7(5-10)8-6-11-3-4-12-8/h3-4,6-7H,2H2,1H3. The smallest absolute Gasteiger partial charge is 0.329 e. The predicted octanol–water partition coefficient (Wildman–Crippen LogP) is 0.647. The van der Waals surface area contributed by atoms with Gasteiger partial charge in [-0.2, -0.15) is 5.26 Å². The average Bonchev–Trinajstić information content (AvgIpc) is 2.21. The molecule has 1 rings (SSSR count). The number of nitriles is 1. The molecule has 0 radical (unpaired) electrons. The van der Waals surface area contributed by atoms with E-state index in [1.165, 1.54) is 18.6 Å². The Labute approximate surface area is 81.4 Å². The molecule has 5 heteroatoms. The highest BCUT2D eigenvalue weighted by Crippen LogP contribution is 2.12. The van der Waals surface area contributed by atoms with Crippen molar-refractivity contribution in [3.63, 3.8) is 0 Å². The Balaban J connectivity index is 2.84.